The second-order valence-electron chi connectivity index (χ2n) is 5.34. The van der Waals surface area contributed by atoms with Gasteiger partial charge in [0.25, 0.3) is 11.1 Å². The number of carbonyl (C=O) groups excluding carboxylic acids is 1. The first-order chi connectivity index (χ1) is 12.5. The lowest BCUT2D eigenvalue weighted by Crippen LogP contribution is -2.03. The Bertz CT molecular complexity index is 882. The summed E-state index contributed by atoms with van der Waals surface area (Å²) in [6.07, 6.45) is -0.532. The zero-order chi connectivity index (χ0) is 18.5. The summed E-state index contributed by atoms with van der Waals surface area (Å²) in [5.74, 6) is -0.132. The molecule has 0 aliphatic heterocycles. The third-order valence-electron chi connectivity index (χ3n) is 3.39. The Kier molecular flexibility index (Phi) is 5.62. The maximum atomic E-state index is 12.9. The van der Waals surface area contributed by atoms with E-state index in [0.717, 1.165) is 11.8 Å². The van der Waals surface area contributed by atoms with Crippen molar-refractivity contribution in [2.75, 3.05) is 5.75 Å². The third kappa shape index (κ3) is 4.66. The van der Waals surface area contributed by atoms with Crippen LogP contribution in [0, 0.1) is 11.6 Å². The second kappa shape index (κ2) is 8.09. The molecule has 1 atom stereocenters. The van der Waals surface area contributed by atoms with E-state index in [2.05, 4.69) is 10.2 Å². The molecule has 0 aliphatic rings. The molecule has 0 radical (unpaired) electrons. The second-order valence-corrected chi connectivity index (χ2v) is 6.27. The highest BCUT2D eigenvalue weighted by Gasteiger charge is 2.17. The SMILES string of the molecule is C[C@H](Oc1ccc(F)cc1)c1nnc(SCC(=O)c2ccc(F)cc2)o1. The van der Waals surface area contributed by atoms with E-state index in [9.17, 15) is 13.6 Å². The van der Waals surface area contributed by atoms with Gasteiger partial charge >= 0.3 is 0 Å². The zero-order valence-corrected chi connectivity index (χ0v) is 14.5. The van der Waals surface area contributed by atoms with Gasteiger partial charge in [0, 0.05) is 5.56 Å². The molecule has 134 valence electrons. The molecule has 0 saturated heterocycles. The maximum absolute atomic E-state index is 12.9. The van der Waals surface area contributed by atoms with Gasteiger partial charge in [-0.1, -0.05) is 11.8 Å². The number of thioether (sulfide) groups is 1. The van der Waals surface area contributed by atoms with E-state index in [1.54, 1.807) is 6.92 Å². The highest BCUT2D eigenvalue weighted by Crippen LogP contribution is 2.24. The molecule has 1 heterocycles. The monoisotopic (exact) mass is 376 g/mol. The Morgan fingerprint density at radius 1 is 1.08 bits per heavy atom. The lowest BCUT2D eigenvalue weighted by Gasteiger charge is -2.10. The molecule has 26 heavy (non-hydrogen) atoms. The summed E-state index contributed by atoms with van der Waals surface area (Å²) in [7, 11) is 0. The smallest absolute Gasteiger partial charge is 0.277 e. The van der Waals surface area contributed by atoms with Crippen LogP contribution in [0.1, 0.15) is 29.3 Å². The van der Waals surface area contributed by atoms with Crippen molar-refractivity contribution >= 4 is 17.5 Å². The minimum absolute atomic E-state index is 0.0838. The topological polar surface area (TPSA) is 65.2 Å². The maximum Gasteiger partial charge on any atom is 0.277 e. The molecular weight excluding hydrogens is 362 g/mol. The van der Waals surface area contributed by atoms with Gasteiger partial charge in [0.15, 0.2) is 11.9 Å². The van der Waals surface area contributed by atoms with Gasteiger partial charge in [-0.15, -0.1) is 10.2 Å². The molecule has 0 saturated carbocycles. The first-order valence-corrected chi connectivity index (χ1v) is 8.67. The third-order valence-corrected chi connectivity index (χ3v) is 4.21. The van der Waals surface area contributed by atoms with E-state index in [1.165, 1.54) is 48.5 Å². The molecule has 8 heteroatoms. The molecule has 5 nitrogen and oxygen atoms in total. The predicted octanol–water partition coefficient (Wildman–Crippen LogP) is 4.46. The number of Topliss-reactive ketones (excluding diaryl/α,β-unsaturated/α-hetero) is 1. The van der Waals surface area contributed by atoms with Crippen molar-refractivity contribution in [1.29, 1.82) is 0 Å². The van der Waals surface area contributed by atoms with Crippen LogP contribution in [-0.4, -0.2) is 21.7 Å². The van der Waals surface area contributed by atoms with Crippen LogP contribution in [0.5, 0.6) is 5.75 Å². The van der Waals surface area contributed by atoms with Gasteiger partial charge < -0.3 is 9.15 Å². The summed E-state index contributed by atoms with van der Waals surface area (Å²) in [6.45, 7) is 1.72. The highest BCUT2D eigenvalue weighted by atomic mass is 32.2. The standard InChI is InChI=1S/C18H14F2N2O3S/c1-11(24-15-8-6-14(20)7-9-15)17-21-22-18(25-17)26-10-16(23)12-2-4-13(19)5-3-12/h2-9,11H,10H2,1H3/t11-/m0/s1. The van der Waals surface area contributed by atoms with Crippen molar-refractivity contribution in [3.63, 3.8) is 0 Å². The van der Waals surface area contributed by atoms with Crippen molar-refractivity contribution in [2.24, 2.45) is 0 Å². The summed E-state index contributed by atoms with van der Waals surface area (Å²) in [5.41, 5.74) is 0.409. The fourth-order valence-corrected chi connectivity index (χ4v) is 2.72. The van der Waals surface area contributed by atoms with Crippen LogP contribution in [0.25, 0.3) is 0 Å². The summed E-state index contributed by atoms with van der Waals surface area (Å²) < 4.78 is 36.8. The summed E-state index contributed by atoms with van der Waals surface area (Å²) >= 11 is 1.09. The van der Waals surface area contributed by atoms with Gasteiger partial charge in [-0.05, 0) is 55.5 Å². The molecule has 1 aromatic heterocycles. The fraction of sp³-hybridized carbons (Fsp3) is 0.167. The Morgan fingerprint density at radius 2 is 1.69 bits per heavy atom. The van der Waals surface area contributed by atoms with Crippen molar-refractivity contribution < 1.29 is 22.7 Å². The predicted molar refractivity (Wildman–Crippen MR) is 91.2 cm³/mol. The Morgan fingerprint density at radius 3 is 2.35 bits per heavy atom. The molecule has 0 fully saturated rings. The molecule has 0 N–H and O–H groups in total. The van der Waals surface area contributed by atoms with Gasteiger partial charge in [0.05, 0.1) is 5.75 Å². The Balaban J connectivity index is 1.56. The van der Waals surface area contributed by atoms with Crippen LogP contribution in [0.15, 0.2) is 58.2 Å². The van der Waals surface area contributed by atoms with E-state index in [-0.39, 0.29) is 28.5 Å². The van der Waals surface area contributed by atoms with Gasteiger partial charge in [-0.25, -0.2) is 8.78 Å². The molecule has 0 aliphatic carbocycles. The lowest BCUT2D eigenvalue weighted by atomic mass is 10.1. The number of carbonyl (C=O) groups is 1. The summed E-state index contributed by atoms with van der Waals surface area (Å²) in [4.78, 5) is 12.1. The highest BCUT2D eigenvalue weighted by molar-refractivity contribution is 7.99. The van der Waals surface area contributed by atoms with Crippen molar-refractivity contribution in [1.82, 2.24) is 10.2 Å². The number of nitrogens with zero attached hydrogens (tertiary/aromatic N) is 2. The minimum atomic E-state index is -0.532. The molecular formula is C18H14F2N2O3S. The van der Waals surface area contributed by atoms with Crippen LogP contribution in [0.2, 0.25) is 0 Å². The van der Waals surface area contributed by atoms with Gasteiger partial charge in [0.1, 0.15) is 17.4 Å². The zero-order valence-electron chi connectivity index (χ0n) is 13.7. The van der Waals surface area contributed by atoms with Crippen LogP contribution in [0.3, 0.4) is 0 Å². The number of benzene rings is 2. The number of ketones is 1. The Labute approximate surface area is 152 Å². The van der Waals surface area contributed by atoms with Crippen LogP contribution < -0.4 is 4.74 Å². The molecule has 2 aromatic carbocycles. The van der Waals surface area contributed by atoms with Gasteiger partial charge in [0.2, 0.25) is 0 Å². The van der Waals surface area contributed by atoms with E-state index in [0.29, 0.717) is 11.3 Å². The summed E-state index contributed by atoms with van der Waals surface area (Å²) in [5, 5.41) is 7.99. The van der Waals surface area contributed by atoms with E-state index < -0.39 is 11.9 Å². The number of hydrogen-bond acceptors (Lipinski definition) is 6. The van der Waals surface area contributed by atoms with Crippen LogP contribution in [0.4, 0.5) is 8.78 Å². The number of hydrogen-bond donors (Lipinski definition) is 0. The van der Waals surface area contributed by atoms with E-state index >= 15 is 0 Å². The summed E-state index contributed by atoms with van der Waals surface area (Å²) in [6, 6.07) is 10.9. The minimum Gasteiger partial charge on any atom is -0.481 e. The average molecular weight is 376 g/mol. The van der Waals surface area contributed by atoms with Crippen LogP contribution >= 0.6 is 11.8 Å². The number of aromatic nitrogens is 2. The number of ether oxygens (including phenoxy) is 1. The quantitative estimate of drug-likeness (QED) is 0.448. The molecule has 0 bridgehead atoms. The Hall–Kier alpha value is -2.74. The normalized spacial score (nSPS) is 12.0. The first kappa shape index (κ1) is 18.1. The average Bonchev–Trinajstić information content (AvgIpc) is 3.11. The largest absolute Gasteiger partial charge is 0.481 e. The molecule has 0 spiro atoms. The van der Waals surface area contributed by atoms with E-state index in [4.69, 9.17) is 9.15 Å². The van der Waals surface area contributed by atoms with E-state index in [1.807, 2.05) is 0 Å². The van der Waals surface area contributed by atoms with Gasteiger partial charge in [-0.3, -0.25) is 4.79 Å². The first-order valence-electron chi connectivity index (χ1n) is 7.68. The van der Waals surface area contributed by atoms with Crippen LogP contribution in [-0.2, 0) is 0 Å². The number of rotatable bonds is 7. The van der Waals surface area contributed by atoms with Gasteiger partial charge in [-0.2, -0.15) is 0 Å². The fourth-order valence-electron chi connectivity index (χ4n) is 2.06. The molecule has 0 amide bonds. The molecule has 3 rings (SSSR count). The molecule has 3 aromatic rings. The molecule has 0 unspecified atom stereocenters. The van der Waals surface area contributed by atoms with Crippen molar-refractivity contribution in [3.05, 3.63) is 71.6 Å². The lowest BCUT2D eigenvalue weighted by molar-refractivity contribution is 0.102. The van der Waals surface area contributed by atoms with Crippen molar-refractivity contribution in [2.45, 2.75) is 18.3 Å². The van der Waals surface area contributed by atoms with Crippen molar-refractivity contribution in [3.8, 4) is 5.75 Å². The number of halogens is 2.